The minimum Gasteiger partial charge on any atom is -1.00 e. The van der Waals surface area contributed by atoms with Crippen molar-refractivity contribution in [3.05, 3.63) is 0 Å². The Hall–Kier alpha value is 1.43. The van der Waals surface area contributed by atoms with Crippen LogP contribution in [0.4, 0.5) is 0 Å². The van der Waals surface area contributed by atoms with Crippen molar-refractivity contribution in [2.45, 2.75) is 25.1 Å². The summed E-state index contributed by atoms with van der Waals surface area (Å²) >= 11 is -2.32. The molecule has 1 fully saturated rings. The Labute approximate surface area is 171 Å². The van der Waals surface area contributed by atoms with E-state index in [1.807, 2.05) is 0 Å². The maximum absolute atomic E-state index is 11.3. The summed E-state index contributed by atoms with van der Waals surface area (Å²) in [5.74, 6) is 0. The molecule has 1 aliphatic rings. The van der Waals surface area contributed by atoms with Crippen molar-refractivity contribution in [2.24, 2.45) is 0 Å². The van der Waals surface area contributed by atoms with Crippen LogP contribution in [0.25, 0.3) is 0 Å². The van der Waals surface area contributed by atoms with E-state index in [0.29, 0.717) is 0 Å². The van der Waals surface area contributed by atoms with Gasteiger partial charge in [-0.2, -0.15) is 25.3 Å². The Morgan fingerprint density at radius 1 is 0.696 bits per heavy atom. The summed E-state index contributed by atoms with van der Waals surface area (Å²) in [4.78, 5) is 0. The van der Waals surface area contributed by atoms with Gasteiger partial charge in [-0.1, -0.05) is 5.28 Å². The summed E-state index contributed by atoms with van der Waals surface area (Å²) < 4.78 is 124. The van der Waals surface area contributed by atoms with Crippen molar-refractivity contribution in [3.8, 4) is 0 Å². The third-order valence-corrected chi connectivity index (χ3v) is 13.5. The van der Waals surface area contributed by atoms with Crippen molar-refractivity contribution >= 4 is 93.4 Å². The van der Waals surface area contributed by atoms with Gasteiger partial charge in [0.2, 0.25) is 0 Å². The molecule has 4 N–H and O–H groups in total. The molecule has 0 bridgehead atoms. The summed E-state index contributed by atoms with van der Waals surface area (Å²) in [5.41, 5.74) is 0. The van der Waals surface area contributed by atoms with Gasteiger partial charge >= 0.3 is 37.7 Å². The van der Waals surface area contributed by atoms with E-state index in [4.69, 9.17) is 18.2 Å². The average molecular weight is 460 g/mol. The molecule has 0 aromatic rings. The van der Waals surface area contributed by atoms with Crippen LogP contribution in [0.3, 0.4) is 0 Å². The third-order valence-electron chi connectivity index (χ3n) is 3.25. The Balaban J connectivity index is -0.00000161. The van der Waals surface area contributed by atoms with Crippen LogP contribution in [-0.4, -0.2) is 125 Å². The second-order valence-electron chi connectivity index (χ2n) is 4.64. The summed E-state index contributed by atoms with van der Waals surface area (Å²) in [6, 6.07) is 0. The Bertz CT molecular complexity index is 792. The molecule has 1 rings (SSSR count). The maximum Gasteiger partial charge on any atom is 2.00 e. The van der Waals surface area contributed by atoms with Crippen LogP contribution in [0.2, 0.25) is 5.28 Å². The monoisotopic (exact) mass is 460 g/mol. The van der Waals surface area contributed by atoms with Crippen molar-refractivity contribution < 1.29 is 54.7 Å². The van der Waals surface area contributed by atoms with Crippen molar-refractivity contribution in [1.29, 1.82) is 0 Å². The first-order chi connectivity index (χ1) is 9.47. The molecule has 0 aliphatic carbocycles. The van der Waals surface area contributed by atoms with Crippen LogP contribution < -0.4 is 0 Å². The smallest absolute Gasteiger partial charge is 1.00 e. The largest absolute Gasteiger partial charge is 2.00 e. The zero-order valence-electron chi connectivity index (χ0n) is 13.1. The van der Waals surface area contributed by atoms with E-state index in [0.717, 1.165) is 0 Å². The van der Waals surface area contributed by atoms with Gasteiger partial charge in [-0.25, -0.2) is 8.42 Å². The molecule has 1 aliphatic heterocycles. The molecule has 0 aromatic heterocycles. The van der Waals surface area contributed by atoms with E-state index in [2.05, 4.69) is 0 Å². The van der Waals surface area contributed by atoms with Crippen LogP contribution in [0, 0.1) is 0 Å². The first-order valence-corrected chi connectivity index (χ1v) is 13.2. The predicted molar refractivity (Wildman–Crippen MR) is 81.3 cm³/mol. The van der Waals surface area contributed by atoms with Crippen LogP contribution in [0.5, 0.6) is 0 Å². The quantitative estimate of drug-likeness (QED) is 0.239. The topological polar surface area (TPSA) is 217 Å². The van der Waals surface area contributed by atoms with Gasteiger partial charge in [0.05, 0.1) is 9.36 Å². The summed E-state index contributed by atoms with van der Waals surface area (Å²) in [6.45, 7) is 0. The Morgan fingerprint density at radius 3 is 1.35 bits per heavy atom. The molecular weight excluding hydrogens is 447 g/mol. The second-order valence-corrected chi connectivity index (χ2v) is 13.7. The molecule has 18 heteroatoms. The number of rotatable bonds is 4. The van der Waals surface area contributed by atoms with Crippen LogP contribution in [0.15, 0.2) is 0 Å². The first kappa shape index (κ1) is 24.4. The van der Waals surface area contributed by atoms with Gasteiger partial charge < -0.3 is 2.85 Å². The zero-order valence-corrected chi connectivity index (χ0v) is 18.0. The van der Waals surface area contributed by atoms with Crippen LogP contribution >= 0.6 is 0 Å². The maximum atomic E-state index is 11.3. The van der Waals surface area contributed by atoms with Crippen molar-refractivity contribution in [1.82, 2.24) is 0 Å². The molecule has 0 spiro atoms. The fourth-order valence-electron chi connectivity index (χ4n) is 2.44. The van der Waals surface area contributed by atoms with Gasteiger partial charge in [0.25, 0.3) is 55.7 Å². The second kappa shape index (κ2) is 7.58. The number of hydrogen-bond donors (Lipinski definition) is 4. The van der Waals surface area contributed by atoms with Gasteiger partial charge in [0, 0.05) is 0 Å². The predicted octanol–water partition coefficient (Wildman–Crippen LogP) is -3.32. The minimum absolute atomic E-state index is 0. The van der Waals surface area contributed by atoms with Gasteiger partial charge in [0.15, 0.2) is 0 Å². The van der Waals surface area contributed by atoms with E-state index in [-0.39, 0.29) is 40.6 Å². The molecule has 4 atom stereocenters. The molecule has 12 nitrogen and oxygen atoms in total. The molecule has 134 valence electrons. The minimum atomic E-state index is -5.52. The normalized spacial score (nSPS) is 30.1. The van der Waals surface area contributed by atoms with E-state index < -0.39 is 80.8 Å². The third kappa shape index (κ3) is 5.98. The molecule has 0 radical (unpaired) electrons. The zero-order chi connectivity index (χ0) is 17.7. The fourth-order valence-corrected chi connectivity index (χ4v) is 14.6. The number of hydrogen-bond acceptors (Lipinski definition) is 8. The molecular formula is C5H13AlCaO12S4. The Morgan fingerprint density at radius 2 is 1.09 bits per heavy atom. The van der Waals surface area contributed by atoms with E-state index in [1.165, 1.54) is 0 Å². The Kier molecular flexibility index (Phi) is 8.06. The van der Waals surface area contributed by atoms with E-state index in [1.54, 1.807) is 0 Å². The van der Waals surface area contributed by atoms with Crippen LogP contribution in [-0.2, 0) is 40.5 Å². The van der Waals surface area contributed by atoms with Crippen molar-refractivity contribution in [3.63, 3.8) is 0 Å². The van der Waals surface area contributed by atoms with Gasteiger partial charge in [-0.05, 0) is 0 Å². The molecule has 0 saturated carbocycles. The summed E-state index contributed by atoms with van der Waals surface area (Å²) in [5, 5.41) is -8.77. The SMILES string of the molecule is O=S(=O)(O)C1[CH2][AlH][CH](S(=O)(=O)O)C(S(=O)(=O)O)C1S(=O)(=O)O.[Ca+2].[H-].[H-]. The summed E-state index contributed by atoms with van der Waals surface area (Å²) in [6.07, 6.45) is 0. The van der Waals surface area contributed by atoms with Crippen LogP contribution in [0.1, 0.15) is 2.85 Å². The van der Waals surface area contributed by atoms with Crippen molar-refractivity contribution in [2.75, 3.05) is 0 Å². The van der Waals surface area contributed by atoms with Gasteiger partial charge in [-0.3, -0.25) is 18.2 Å². The first-order valence-electron chi connectivity index (χ1n) is 5.32. The molecule has 1 heterocycles. The standard InChI is InChI=1S/C5H10O12S4.Al.Ca.3H/c1-3(19(9,10)11)5(21(15,16)17)4(20(12,13)14)2-18(6,7)8;;;;;/h2-5H,1H2,(H,6,7,8)(H,9,10,11)(H,12,13,14)(H,15,16,17);;;;;/q;;+2;;2*-1. The van der Waals surface area contributed by atoms with Gasteiger partial charge in [0.1, 0.15) is 10.5 Å². The molecule has 0 amide bonds. The molecule has 1 saturated heterocycles. The summed E-state index contributed by atoms with van der Waals surface area (Å²) in [7, 11) is -21.3. The fraction of sp³-hybridized carbons (Fsp3) is 1.00. The molecule has 23 heavy (non-hydrogen) atoms. The van der Waals surface area contributed by atoms with E-state index >= 15 is 0 Å². The molecule has 0 aromatic carbocycles. The molecule has 4 unspecified atom stereocenters. The average Bonchev–Trinajstić information content (AvgIpc) is 2.22. The van der Waals surface area contributed by atoms with Gasteiger partial charge in [-0.15, -0.1) is 0 Å². The van der Waals surface area contributed by atoms with E-state index in [9.17, 15) is 33.7 Å².